The summed E-state index contributed by atoms with van der Waals surface area (Å²) >= 11 is 3.24. The highest BCUT2D eigenvalue weighted by Gasteiger charge is 2.22. The molecule has 0 aliphatic heterocycles. The van der Waals surface area contributed by atoms with Crippen molar-refractivity contribution in [2.24, 2.45) is 5.92 Å². The highest BCUT2D eigenvalue weighted by atomic mass is 79.9. The molecule has 16 heavy (non-hydrogen) atoms. The van der Waals surface area contributed by atoms with Gasteiger partial charge in [0, 0.05) is 10.9 Å². The summed E-state index contributed by atoms with van der Waals surface area (Å²) in [6.45, 7) is 0. The summed E-state index contributed by atoms with van der Waals surface area (Å²) < 4.78 is 14.1. The Morgan fingerprint density at radius 2 is 2.06 bits per heavy atom. The fourth-order valence-corrected chi connectivity index (χ4v) is 2.91. The first-order chi connectivity index (χ1) is 7.68. The van der Waals surface area contributed by atoms with E-state index >= 15 is 0 Å². The number of benzene rings is 1. The number of Topliss-reactive ketones (excluding diaryl/α,β-unsaturated/α-hetero) is 1. The molecule has 0 saturated heterocycles. The normalized spacial score (nSPS) is 16.6. The molecule has 1 aromatic rings. The summed E-state index contributed by atoms with van der Waals surface area (Å²) in [4.78, 5) is 12.0. The first-order valence-corrected chi connectivity index (χ1v) is 6.45. The molecule has 0 atom stereocenters. The lowest BCUT2D eigenvalue weighted by Crippen LogP contribution is -2.08. The first kappa shape index (κ1) is 11.8. The maximum absolute atomic E-state index is 13.5. The van der Waals surface area contributed by atoms with Crippen molar-refractivity contribution in [2.75, 3.05) is 0 Å². The molecule has 1 saturated carbocycles. The highest BCUT2D eigenvalue weighted by Crippen LogP contribution is 2.30. The second kappa shape index (κ2) is 5.09. The van der Waals surface area contributed by atoms with Gasteiger partial charge in [-0.1, -0.05) is 31.7 Å². The third-order valence-corrected chi connectivity index (χ3v) is 3.85. The molecule has 0 N–H and O–H groups in total. The van der Waals surface area contributed by atoms with Crippen LogP contribution in [-0.4, -0.2) is 5.78 Å². The van der Waals surface area contributed by atoms with Crippen LogP contribution in [-0.2, 0) is 0 Å². The molecule has 0 spiro atoms. The Morgan fingerprint density at radius 3 is 2.69 bits per heavy atom. The van der Waals surface area contributed by atoms with Crippen LogP contribution >= 0.6 is 15.9 Å². The second-order valence-corrected chi connectivity index (χ2v) is 5.23. The van der Waals surface area contributed by atoms with Crippen LogP contribution in [0, 0.1) is 11.7 Å². The van der Waals surface area contributed by atoms with Crippen molar-refractivity contribution in [3.05, 3.63) is 34.1 Å². The van der Waals surface area contributed by atoms with E-state index in [1.807, 2.05) is 0 Å². The van der Waals surface area contributed by atoms with Gasteiger partial charge in [-0.25, -0.2) is 4.39 Å². The monoisotopic (exact) mass is 284 g/mol. The van der Waals surface area contributed by atoms with Gasteiger partial charge in [-0.3, -0.25) is 4.79 Å². The third-order valence-electron chi connectivity index (χ3n) is 3.19. The molecule has 1 aromatic carbocycles. The molecular formula is C13H14BrFO. The Bertz CT molecular complexity index is 377. The first-order valence-electron chi connectivity index (χ1n) is 5.65. The number of carbonyl (C=O) groups excluding carboxylic acids is 1. The van der Waals surface area contributed by atoms with Gasteiger partial charge >= 0.3 is 0 Å². The van der Waals surface area contributed by atoms with Crippen LogP contribution < -0.4 is 0 Å². The molecule has 0 radical (unpaired) electrons. The zero-order valence-corrected chi connectivity index (χ0v) is 10.6. The average Bonchev–Trinajstić information content (AvgIpc) is 2.70. The van der Waals surface area contributed by atoms with Crippen LogP contribution in [0.15, 0.2) is 22.7 Å². The van der Waals surface area contributed by atoms with E-state index in [2.05, 4.69) is 15.9 Å². The van der Waals surface area contributed by atoms with Crippen LogP contribution in [0.4, 0.5) is 4.39 Å². The third kappa shape index (κ3) is 2.51. The van der Waals surface area contributed by atoms with Crippen molar-refractivity contribution in [3.63, 3.8) is 0 Å². The Hall–Kier alpha value is -0.700. The van der Waals surface area contributed by atoms with Gasteiger partial charge in [-0.2, -0.15) is 0 Å². The number of carbonyl (C=O) groups is 1. The zero-order chi connectivity index (χ0) is 11.5. The summed E-state index contributed by atoms with van der Waals surface area (Å²) in [6.07, 6.45) is 5.11. The largest absolute Gasteiger partial charge is 0.294 e. The lowest BCUT2D eigenvalue weighted by Gasteiger charge is -2.09. The Kier molecular flexibility index (Phi) is 3.74. The van der Waals surface area contributed by atoms with Crippen LogP contribution in [0.2, 0.25) is 0 Å². The van der Waals surface area contributed by atoms with Crippen molar-refractivity contribution in [2.45, 2.75) is 32.1 Å². The van der Waals surface area contributed by atoms with Crippen molar-refractivity contribution >= 4 is 21.7 Å². The number of hydrogen-bond acceptors (Lipinski definition) is 1. The van der Waals surface area contributed by atoms with E-state index in [-0.39, 0.29) is 11.3 Å². The van der Waals surface area contributed by atoms with Crippen molar-refractivity contribution < 1.29 is 9.18 Å². The molecule has 0 aromatic heterocycles. The van der Waals surface area contributed by atoms with Gasteiger partial charge in [-0.05, 0) is 34.0 Å². The zero-order valence-electron chi connectivity index (χ0n) is 9.01. The smallest absolute Gasteiger partial charge is 0.167 e. The second-order valence-electron chi connectivity index (χ2n) is 4.37. The number of ketones is 1. The number of rotatable bonds is 3. The summed E-state index contributed by atoms with van der Waals surface area (Å²) in [5.41, 5.74) is 0.217. The minimum absolute atomic E-state index is 0.0723. The Labute approximate surface area is 103 Å². The molecule has 1 fully saturated rings. The summed E-state index contributed by atoms with van der Waals surface area (Å²) in [6, 6.07) is 4.66. The van der Waals surface area contributed by atoms with E-state index in [1.54, 1.807) is 12.1 Å². The van der Waals surface area contributed by atoms with Crippen molar-refractivity contribution in [1.82, 2.24) is 0 Å². The van der Waals surface area contributed by atoms with E-state index in [9.17, 15) is 9.18 Å². The van der Waals surface area contributed by atoms with Gasteiger partial charge < -0.3 is 0 Å². The molecule has 0 bridgehead atoms. The van der Waals surface area contributed by atoms with E-state index in [0.717, 1.165) is 12.8 Å². The minimum Gasteiger partial charge on any atom is -0.294 e. The SMILES string of the molecule is O=C(CC1CCCC1)c1c(F)cccc1Br. The van der Waals surface area contributed by atoms with Crippen LogP contribution in [0.3, 0.4) is 0 Å². The summed E-state index contributed by atoms with van der Waals surface area (Å²) in [5, 5.41) is 0. The summed E-state index contributed by atoms with van der Waals surface area (Å²) in [7, 11) is 0. The van der Waals surface area contributed by atoms with Crippen molar-refractivity contribution in [3.8, 4) is 0 Å². The van der Waals surface area contributed by atoms with Gasteiger partial charge in [0.15, 0.2) is 5.78 Å². The lowest BCUT2D eigenvalue weighted by atomic mass is 9.97. The minimum atomic E-state index is -0.419. The Balaban J connectivity index is 2.13. The lowest BCUT2D eigenvalue weighted by molar-refractivity contribution is 0.0957. The van der Waals surface area contributed by atoms with E-state index in [1.165, 1.54) is 18.9 Å². The maximum Gasteiger partial charge on any atom is 0.167 e. The van der Waals surface area contributed by atoms with Gasteiger partial charge in [0.25, 0.3) is 0 Å². The fraction of sp³-hybridized carbons (Fsp3) is 0.462. The molecule has 0 amide bonds. The average molecular weight is 285 g/mol. The Morgan fingerprint density at radius 1 is 1.38 bits per heavy atom. The molecule has 1 aliphatic carbocycles. The fourth-order valence-electron chi connectivity index (χ4n) is 2.34. The molecule has 0 unspecified atom stereocenters. The number of hydrogen-bond donors (Lipinski definition) is 0. The van der Waals surface area contributed by atoms with E-state index in [0.29, 0.717) is 16.8 Å². The van der Waals surface area contributed by atoms with Crippen molar-refractivity contribution in [1.29, 1.82) is 0 Å². The van der Waals surface area contributed by atoms with Gasteiger partial charge in [-0.15, -0.1) is 0 Å². The van der Waals surface area contributed by atoms with Gasteiger partial charge in [0.2, 0.25) is 0 Å². The van der Waals surface area contributed by atoms with E-state index < -0.39 is 5.82 Å². The van der Waals surface area contributed by atoms with Gasteiger partial charge in [0.05, 0.1) is 5.56 Å². The van der Waals surface area contributed by atoms with Gasteiger partial charge in [0.1, 0.15) is 5.82 Å². The van der Waals surface area contributed by atoms with Crippen LogP contribution in [0.5, 0.6) is 0 Å². The van der Waals surface area contributed by atoms with Crippen LogP contribution in [0.1, 0.15) is 42.5 Å². The summed E-state index contributed by atoms with van der Waals surface area (Å²) in [5.74, 6) is -0.0340. The topological polar surface area (TPSA) is 17.1 Å². The quantitative estimate of drug-likeness (QED) is 0.754. The molecule has 1 nitrogen and oxygen atoms in total. The highest BCUT2D eigenvalue weighted by molar-refractivity contribution is 9.10. The van der Waals surface area contributed by atoms with Crippen LogP contribution in [0.25, 0.3) is 0 Å². The van der Waals surface area contributed by atoms with E-state index in [4.69, 9.17) is 0 Å². The maximum atomic E-state index is 13.5. The molecular weight excluding hydrogens is 271 g/mol. The molecule has 1 aliphatic rings. The molecule has 86 valence electrons. The predicted molar refractivity (Wildman–Crippen MR) is 65.0 cm³/mol. The molecule has 2 rings (SSSR count). The number of halogens is 2. The molecule has 0 heterocycles. The standard InChI is InChI=1S/C13H14BrFO/c14-10-6-3-7-11(15)13(10)12(16)8-9-4-1-2-5-9/h3,6-7,9H,1-2,4-5,8H2. The molecule has 3 heteroatoms. The predicted octanol–water partition coefficient (Wildman–Crippen LogP) is 4.35.